The Labute approximate surface area is 163 Å². The van der Waals surface area contributed by atoms with Crippen LogP contribution >= 0.6 is 0 Å². The molecule has 0 aliphatic carbocycles. The van der Waals surface area contributed by atoms with Crippen molar-refractivity contribution in [3.8, 4) is 5.75 Å². The van der Waals surface area contributed by atoms with E-state index in [0.717, 1.165) is 62.9 Å². The molecular formula is C21H35N3O3. The van der Waals surface area contributed by atoms with Crippen molar-refractivity contribution in [2.45, 2.75) is 39.7 Å². The maximum absolute atomic E-state index is 6.10. The molecule has 1 atom stereocenters. The van der Waals surface area contributed by atoms with E-state index in [1.165, 1.54) is 5.56 Å². The van der Waals surface area contributed by atoms with Crippen LogP contribution < -0.4 is 15.4 Å². The van der Waals surface area contributed by atoms with Crippen molar-refractivity contribution in [3.63, 3.8) is 0 Å². The van der Waals surface area contributed by atoms with Crippen molar-refractivity contribution in [3.05, 3.63) is 29.3 Å². The van der Waals surface area contributed by atoms with Crippen LogP contribution in [0.4, 0.5) is 0 Å². The first kappa shape index (κ1) is 21.5. The fourth-order valence-electron chi connectivity index (χ4n) is 2.85. The summed E-state index contributed by atoms with van der Waals surface area (Å²) in [7, 11) is 1.78. The topological polar surface area (TPSA) is 64.1 Å². The molecule has 152 valence electrons. The maximum Gasteiger partial charge on any atom is 0.191 e. The smallest absolute Gasteiger partial charge is 0.191 e. The lowest BCUT2D eigenvalue weighted by atomic mass is 10.1. The second kappa shape index (κ2) is 12.6. The molecular weight excluding hydrogens is 342 g/mol. The zero-order valence-corrected chi connectivity index (χ0v) is 17.1. The highest BCUT2D eigenvalue weighted by Crippen LogP contribution is 2.22. The van der Waals surface area contributed by atoms with E-state index in [1.54, 1.807) is 7.05 Å². The lowest BCUT2D eigenvalue weighted by Gasteiger charge is -2.17. The summed E-state index contributed by atoms with van der Waals surface area (Å²) < 4.78 is 17.1. The van der Waals surface area contributed by atoms with Crippen LogP contribution in [0.5, 0.6) is 5.75 Å². The monoisotopic (exact) mass is 377 g/mol. The van der Waals surface area contributed by atoms with Gasteiger partial charge < -0.3 is 24.8 Å². The van der Waals surface area contributed by atoms with E-state index in [-0.39, 0.29) is 0 Å². The summed E-state index contributed by atoms with van der Waals surface area (Å²) in [5.41, 5.74) is 2.32. The lowest BCUT2D eigenvalue weighted by Crippen LogP contribution is -2.38. The normalized spacial score (nSPS) is 17.1. The molecule has 0 aromatic heterocycles. The number of benzene rings is 1. The minimum absolute atomic E-state index is 0.494. The predicted molar refractivity (Wildman–Crippen MR) is 110 cm³/mol. The van der Waals surface area contributed by atoms with Crippen LogP contribution in [0.1, 0.15) is 37.3 Å². The third kappa shape index (κ3) is 8.18. The Morgan fingerprint density at radius 3 is 2.93 bits per heavy atom. The third-order valence-electron chi connectivity index (χ3n) is 4.57. The summed E-state index contributed by atoms with van der Waals surface area (Å²) in [6.45, 7) is 9.51. The summed E-state index contributed by atoms with van der Waals surface area (Å²) in [6, 6.07) is 6.33. The second-order valence-electron chi connectivity index (χ2n) is 6.97. The van der Waals surface area contributed by atoms with E-state index >= 15 is 0 Å². The molecule has 1 unspecified atom stereocenters. The zero-order chi connectivity index (χ0) is 19.3. The first-order valence-corrected chi connectivity index (χ1v) is 10.0. The molecule has 6 nitrogen and oxygen atoms in total. The Morgan fingerprint density at radius 1 is 1.30 bits per heavy atom. The van der Waals surface area contributed by atoms with Crippen LogP contribution in [-0.4, -0.2) is 52.6 Å². The highest BCUT2D eigenvalue weighted by Gasteiger charge is 2.17. The Kier molecular flexibility index (Phi) is 10.0. The van der Waals surface area contributed by atoms with Gasteiger partial charge in [-0.2, -0.15) is 0 Å². The Bertz CT molecular complexity index is 572. The molecule has 0 spiro atoms. The molecule has 1 aromatic carbocycles. The lowest BCUT2D eigenvalue weighted by molar-refractivity contribution is 0.136. The van der Waals surface area contributed by atoms with Crippen LogP contribution in [0.2, 0.25) is 0 Å². The highest BCUT2D eigenvalue weighted by atomic mass is 16.5. The highest BCUT2D eigenvalue weighted by molar-refractivity contribution is 5.79. The van der Waals surface area contributed by atoms with E-state index in [9.17, 15) is 0 Å². The van der Waals surface area contributed by atoms with Gasteiger partial charge in [0, 0.05) is 44.8 Å². The maximum atomic E-state index is 6.10. The number of guanidine groups is 1. The van der Waals surface area contributed by atoms with Crippen LogP contribution in [0.3, 0.4) is 0 Å². The molecule has 1 heterocycles. The fourth-order valence-corrected chi connectivity index (χ4v) is 2.85. The number of hydrogen-bond acceptors (Lipinski definition) is 4. The molecule has 1 aliphatic rings. The molecule has 27 heavy (non-hydrogen) atoms. The minimum Gasteiger partial charge on any atom is -0.493 e. The van der Waals surface area contributed by atoms with Gasteiger partial charge >= 0.3 is 0 Å². The molecule has 2 N–H and O–H groups in total. The van der Waals surface area contributed by atoms with Crippen molar-refractivity contribution in [1.29, 1.82) is 0 Å². The minimum atomic E-state index is 0.494. The summed E-state index contributed by atoms with van der Waals surface area (Å²) >= 11 is 0. The molecule has 0 amide bonds. The second-order valence-corrected chi connectivity index (χ2v) is 6.97. The van der Waals surface area contributed by atoms with E-state index in [1.807, 2.05) is 0 Å². The quantitative estimate of drug-likeness (QED) is 0.353. The number of rotatable bonds is 11. The number of nitrogens with zero attached hydrogens (tertiary/aromatic N) is 1. The van der Waals surface area contributed by atoms with Crippen molar-refractivity contribution in [1.82, 2.24) is 10.6 Å². The number of unbranched alkanes of at least 4 members (excludes halogenated alkanes) is 1. The van der Waals surface area contributed by atoms with Gasteiger partial charge in [-0.25, -0.2) is 0 Å². The number of aliphatic imine (C=N–C) groups is 1. The first-order valence-electron chi connectivity index (χ1n) is 10.0. The van der Waals surface area contributed by atoms with Gasteiger partial charge in [-0.3, -0.25) is 4.99 Å². The van der Waals surface area contributed by atoms with Gasteiger partial charge in [0.15, 0.2) is 5.96 Å². The fraction of sp³-hybridized carbons (Fsp3) is 0.667. The van der Waals surface area contributed by atoms with Gasteiger partial charge in [-0.1, -0.05) is 25.5 Å². The van der Waals surface area contributed by atoms with Crippen molar-refractivity contribution in [2.75, 3.05) is 46.6 Å². The van der Waals surface area contributed by atoms with Crippen molar-refractivity contribution in [2.24, 2.45) is 10.9 Å². The molecule has 1 saturated heterocycles. The molecule has 1 aromatic rings. The van der Waals surface area contributed by atoms with Gasteiger partial charge in [0.05, 0.1) is 19.8 Å². The van der Waals surface area contributed by atoms with Crippen LogP contribution in [0, 0.1) is 12.8 Å². The summed E-state index contributed by atoms with van der Waals surface area (Å²) in [5, 5.41) is 6.63. The van der Waals surface area contributed by atoms with Gasteiger partial charge in [0.2, 0.25) is 0 Å². The average molecular weight is 378 g/mol. The average Bonchev–Trinajstić information content (AvgIpc) is 3.20. The van der Waals surface area contributed by atoms with E-state index in [0.29, 0.717) is 25.7 Å². The Balaban J connectivity index is 1.78. The van der Waals surface area contributed by atoms with Gasteiger partial charge in [-0.05, 0) is 31.4 Å². The van der Waals surface area contributed by atoms with Crippen molar-refractivity contribution < 1.29 is 14.2 Å². The largest absolute Gasteiger partial charge is 0.493 e. The Morgan fingerprint density at radius 2 is 2.19 bits per heavy atom. The predicted octanol–water partition coefficient (Wildman–Crippen LogP) is 2.89. The molecule has 1 aliphatic heterocycles. The number of ether oxygens (including phenoxy) is 3. The SMILES string of the molecule is CCCCOCCNC(=NC)NCc1ccc(C)cc1OCC1CCOC1. The van der Waals surface area contributed by atoms with Gasteiger partial charge in [0.25, 0.3) is 0 Å². The standard InChI is InChI=1S/C21H35N3O3/c1-4-5-10-25-12-9-23-21(22-3)24-14-19-7-6-17(2)13-20(19)27-16-18-8-11-26-15-18/h6-7,13,18H,4-5,8-12,14-16H2,1-3H3,(H2,22,23,24). The summed E-state index contributed by atoms with van der Waals surface area (Å²) in [6.07, 6.45) is 3.35. The van der Waals surface area contributed by atoms with Crippen LogP contribution in [-0.2, 0) is 16.0 Å². The first-order chi connectivity index (χ1) is 13.2. The summed E-state index contributed by atoms with van der Waals surface area (Å²) in [4.78, 5) is 4.27. The third-order valence-corrected chi connectivity index (χ3v) is 4.57. The van der Waals surface area contributed by atoms with E-state index < -0.39 is 0 Å². The van der Waals surface area contributed by atoms with Gasteiger partial charge in [0.1, 0.15) is 5.75 Å². The van der Waals surface area contributed by atoms with Gasteiger partial charge in [-0.15, -0.1) is 0 Å². The molecule has 0 radical (unpaired) electrons. The van der Waals surface area contributed by atoms with Crippen LogP contribution in [0.25, 0.3) is 0 Å². The molecule has 1 fully saturated rings. The Hall–Kier alpha value is -1.79. The molecule has 0 bridgehead atoms. The molecule has 6 heteroatoms. The molecule has 2 rings (SSSR count). The summed E-state index contributed by atoms with van der Waals surface area (Å²) in [5.74, 6) is 2.20. The van der Waals surface area contributed by atoms with E-state index in [4.69, 9.17) is 14.2 Å². The zero-order valence-electron chi connectivity index (χ0n) is 17.1. The number of hydrogen-bond donors (Lipinski definition) is 2. The number of nitrogens with one attached hydrogen (secondary N) is 2. The van der Waals surface area contributed by atoms with E-state index in [2.05, 4.69) is 47.7 Å². The number of aryl methyl sites for hydroxylation is 1. The molecule has 0 saturated carbocycles. The van der Waals surface area contributed by atoms with Crippen molar-refractivity contribution >= 4 is 5.96 Å². The van der Waals surface area contributed by atoms with Crippen LogP contribution in [0.15, 0.2) is 23.2 Å².